The Bertz CT molecular complexity index is 678. The van der Waals surface area contributed by atoms with Crippen molar-refractivity contribution in [3.8, 4) is 0 Å². The van der Waals surface area contributed by atoms with Crippen molar-refractivity contribution in [3.05, 3.63) is 0 Å². The topological polar surface area (TPSA) is 224 Å². The number of phosphoric ester groups is 1. The third kappa shape index (κ3) is 20.5. The molecule has 0 aromatic heterocycles. The third-order valence-electron chi connectivity index (χ3n) is 6.26. The van der Waals surface area contributed by atoms with Crippen LogP contribution in [0.1, 0.15) is 110 Å². The Hall–Kier alpha value is 0.0200. The number of phosphoric acid groups is 2. The van der Waals surface area contributed by atoms with E-state index >= 15 is 0 Å². The zero-order valence-electron chi connectivity index (χ0n) is 23.1. The highest BCUT2D eigenvalue weighted by atomic mass is 31.3. The highest BCUT2D eigenvalue weighted by molar-refractivity contribution is 7.61. The lowest BCUT2D eigenvalue weighted by Crippen LogP contribution is -2.50. The molecule has 0 saturated heterocycles. The molecule has 0 aliphatic heterocycles. The van der Waals surface area contributed by atoms with Gasteiger partial charge in [-0.15, -0.1) is 0 Å². The van der Waals surface area contributed by atoms with Crippen LogP contribution in [0.5, 0.6) is 0 Å². The fourth-order valence-corrected chi connectivity index (χ4v) is 6.12. The predicted octanol–water partition coefficient (Wildman–Crippen LogP) is 3.25. The molecule has 236 valence electrons. The lowest BCUT2D eigenvalue weighted by molar-refractivity contribution is -0.186. The number of hydrogen-bond acceptors (Lipinski definition) is 11. The number of rotatable bonds is 27. The SMILES string of the molecule is CCCCCCCCCCCCCCCCCCOP(=O)(OC(O)[C@H](O)[C@@H](O)[C@H](O)[C@H](O)CO)OP(=O)(O)O. The summed E-state index contributed by atoms with van der Waals surface area (Å²) in [6.45, 7) is 0.942. The van der Waals surface area contributed by atoms with Gasteiger partial charge >= 0.3 is 15.6 Å². The van der Waals surface area contributed by atoms with Gasteiger partial charge in [0.25, 0.3) is 0 Å². The molecule has 0 aromatic rings. The molecule has 0 saturated carbocycles. The molecule has 0 heterocycles. The minimum Gasteiger partial charge on any atom is -0.394 e. The molecule has 0 amide bonds. The van der Waals surface area contributed by atoms with E-state index in [4.69, 9.17) is 19.4 Å². The minimum absolute atomic E-state index is 0.299. The van der Waals surface area contributed by atoms with Crippen LogP contribution < -0.4 is 0 Å². The average molecular weight is 611 g/mol. The lowest BCUT2D eigenvalue weighted by Gasteiger charge is -2.29. The maximum Gasteiger partial charge on any atom is 0.486 e. The fraction of sp³-hybridized carbons (Fsp3) is 1.00. The van der Waals surface area contributed by atoms with Crippen molar-refractivity contribution in [2.24, 2.45) is 0 Å². The van der Waals surface area contributed by atoms with Crippen LogP contribution in [0.3, 0.4) is 0 Å². The van der Waals surface area contributed by atoms with Crippen LogP contribution in [0.15, 0.2) is 0 Å². The Morgan fingerprint density at radius 1 is 0.615 bits per heavy atom. The van der Waals surface area contributed by atoms with Crippen LogP contribution in [0, 0.1) is 0 Å². The normalized spacial score (nSPS) is 17.9. The van der Waals surface area contributed by atoms with Crippen LogP contribution in [0.2, 0.25) is 0 Å². The first-order chi connectivity index (χ1) is 18.4. The Labute approximate surface area is 232 Å². The summed E-state index contributed by atoms with van der Waals surface area (Å²) in [6, 6.07) is 0. The van der Waals surface area contributed by atoms with Crippen LogP contribution >= 0.6 is 15.6 Å². The van der Waals surface area contributed by atoms with Gasteiger partial charge in [0, 0.05) is 0 Å². The van der Waals surface area contributed by atoms with Gasteiger partial charge in [-0.3, -0.25) is 9.05 Å². The van der Waals surface area contributed by atoms with E-state index in [1.807, 2.05) is 0 Å². The van der Waals surface area contributed by atoms with Crippen LogP contribution in [-0.2, 0) is 22.5 Å². The molecule has 0 aliphatic rings. The molecular weight excluding hydrogens is 558 g/mol. The standard InChI is InChI=1S/C24H52O13P2/c1-2-3-4-5-6-7-8-9-10-11-12-13-14-15-16-17-18-35-39(34,37-38(31,32)33)36-24(30)23(29)22(28)21(27)20(26)19-25/h20-30H,2-19H2,1H3,(H2,31,32,33)/t20-,21-,22+,23-,24?,39?/m1/s1. The molecule has 15 heteroatoms. The molecule has 6 atom stereocenters. The molecule has 2 unspecified atom stereocenters. The van der Waals surface area contributed by atoms with Crippen molar-refractivity contribution in [2.75, 3.05) is 13.2 Å². The van der Waals surface area contributed by atoms with Crippen LogP contribution in [-0.4, -0.2) is 84.3 Å². The smallest absolute Gasteiger partial charge is 0.394 e. The molecule has 0 bridgehead atoms. The fourth-order valence-electron chi connectivity index (χ4n) is 3.93. The minimum atomic E-state index is -5.42. The van der Waals surface area contributed by atoms with E-state index in [0.29, 0.717) is 12.8 Å². The second kappa shape index (κ2) is 22.6. The summed E-state index contributed by atoms with van der Waals surface area (Å²) in [5.41, 5.74) is 0. The second-order valence-corrected chi connectivity index (χ2v) is 12.9. The average Bonchev–Trinajstić information content (AvgIpc) is 2.87. The summed E-state index contributed by atoms with van der Waals surface area (Å²) in [5.74, 6) is 0. The van der Waals surface area contributed by atoms with E-state index in [0.717, 1.165) is 25.7 Å². The van der Waals surface area contributed by atoms with Crippen LogP contribution in [0.4, 0.5) is 0 Å². The third-order valence-corrected chi connectivity index (χ3v) is 8.89. The maximum absolute atomic E-state index is 12.6. The molecule has 0 aromatic carbocycles. The van der Waals surface area contributed by atoms with Gasteiger partial charge in [-0.25, -0.2) is 9.13 Å². The summed E-state index contributed by atoms with van der Waals surface area (Å²) in [4.78, 5) is 18.0. The van der Waals surface area contributed by atoms with Gasteiger partial charge < -0.3 is 40.4 Å². The summed E-state index contributed by atoms with van der Waals surface area (Å²) >= 11 is 0. The molecule has 13 nitrogen and oxygen atoms in total. The van der Waals surface area contributed by atoms with Gasteiger partial charge in [0.2, 0.25) is 0 Å². The van der Waals surface area contributed by atoms with Crippen molar-refractivity contribution in [1.29, 1.82) is 0 Å². The molecule has 0 rings (SSSR count). The molecule has 0 aliphatic carbocycles. The molecule has 0 spiro atoms. The van der Waals surface area contributed by atoms with E-state index in [9.17, 15) is 34.7 Å². The number of aliphatic hydroxyl groups excluding tert-OH is 6. The Morgan fingerprint density at radius 3 is 1.41 bits per heavy atom. The second-order valence-electron chi connectivity index (χ2n) is 9.87. The monoisotopic (exact) mass is 610 g/mol. The first-order valence-corrected chi connectivity index (χ1v) is 17.1. The lowest BCUT2D eigenvalue weighted by atomic mass is 10.0. The maximum atomic E-state index is 12.6. The zero-order chi connectivity index (χ0) is 29.7. The van der Waals surface area contributed by atoms with E-state index in [1.54, 1.807) is 0 Å². The van der Waals surface area contributed by atoms with E-state index < -0.39 is 53.0 Å². The largest absolute Gasteiger partial charge is 0.486 e. The Balaban J connectivity index is 4.21. The summed E-state index contributed by atoms with van der Waals surface area (Å²) in [7, 11) is -10.5. The predicted molar refractivity (Wildman–Crippen MR) is 144 cm³/mol. The highest BCUT2D eigenvalue weighted by Crippen LogP contribution is 2.61. The van der Waals surface area contributed by atoms with Gasteiger partial charge in [-0.05, 0) is 6.42 Å². The Kier molecular flexibility index (Phi) is 22.6. The van der Waals surface area contributed by atoms with Crippen molar-refractivity contribution >= 4 is 15.6 Å². The van der Waals surface area contributed by atoms with Crippen molar-refractivity contribution in [2.45, 2.75) is 140 Å². The zero-order valence-corrected chi connectivity index (χ0v) is 24.9. The first-order valence-electron chi connectivity index (χ1n) is 14.1. The first kappa shape index (κ1) is 39.0. The van der Waals surface area contributed by atoms with Gasteiger partial charge in [0.15, 0.2) is 6.29 Å². The van der Waals surface area contributed by atoms with Gasteiger partial charge in [0.1, 0.15) is 24.4 Å². The van der Waals surface area contributed by atoms with Crippen molar-refractivity contribution in [3.63, 3.8) is 0 Å². The molecule has 8 N–H and O–H groups in total. The van der Waals surface area contributed by atoms with Gasteiger partial charge in [-0.1, -0.05) is 103 Å². The number of hydrogen-bond donors (Lipinski definition) is 8. The van der Waals surface area contributed by atoms with E-state index in [2.05, 4.69) is 15.8 Å². The van der Waals surface area contributed by atoms with E-state index in [1.165, 1.54) is 64.2 Å². The van der Waals surface area contributed by atoms with Crippen molar-refractivity contribution in [1.82, 2.24) is 0 Å². The molecule has 0 fully saturated rings. The van der Waals surface area contributed by atoms with Crippen LogP contribution in [0.25, 0.3) is 0 Å². The highest BCUT2D eigenvalue weighted by Gasteiger charge is 2.42. The summed E-state index contributed by atoms with van der Waals surface area (Å²) < 4.78 is 37.2. The van der Waals surface area contributed by atoms with E-state index in [-0.39, 0.29) is 6.61 Å². The number of unbranched alkanes of at least 4 members (excludes halogenated alkanes) is 15. The molecule has 39 heavy (non-hydrogen) atoms. The van der Waals surface area contributed by atoms with Crippen molar-refractivity contribution < 1.29 is 62.9 Å². The number of aliphatic hydroxyl groups is 6. The molecular formula is C24H52O13P2. The molecule has 0 radical (unpaired) electrons. The quantitative estimate of drug-likeness (QED) is 0.0380. The van der Waals surface area contributed by atoms with Gasteiger partial charge in [-0.2, -0.15) is 4.31 Å². The summed E-state index contributed by atoms with van der Waals surface area (Å²) in [6.07, 6.45) is 6.81. The Morgan fingerprint density at radius 2 is 1.03 bits per heavy atom. The van der Waals surface area contributed by atoms with Gasteiger partial charge in [0.05, 0.1) is 13.2 Å². The summed E-state index contributed by atoms with van der Waals surface area (Å²) in [5, 5.41) is 57.3.